The number of amides is 1. The van der Waals surface area contributed by atoms with Crippen molar-refractivity contribution in [3.63, 3.8) is 0 Å². The van der Waals surface area contributed by atoms with Crippen LogP contribution in [-0.2, 0) is 17.1 Å². The fraction of sp³-hybridized carbons (Fsp3) is 0.278. The van der Waals surface area contributed by atoms with Gasteiger partial charge in [-0.15, -0.1) is 11.8 Å². The van der Waals surface area contributed by atoms with Crippen LogP contribution in [0, 0.1) is 10.1 Å². The van der Waals surface area contributed by atoms with Gasteiger partial charge in [0, 0.05) is 24.4 Å². The number of hydrogen-bond donors (Lipinski definition) is 1. The maximum atomic E-state index is 12.0. The number of benzene rings is 2. The lowest BCUT2D eigenvalue weighted by molar-refractivity contribution is -0.384. The molecule has 26 heavy (non-hydrogen) atoms. The highest BCUT2D eigenvalue weighted by molar-refractivity contribution is 7.99. The first-order valence-electron chi connectivity index (χ1n) is 7.82. The van der Waals surface area contributed by atoms with Gasteiger partial charge in [0.15, 0.2) is 11.5 Å². The number of rotatable bonds is 9. The topological polar surface area (TPSA) is 90.7 Å². The molecule has 0 fully saturated rings. The number of nitro groups is 1. The standard InChI is InChI=1S/C18H20N2O5S/c1-24-16-8-5-14(9-17(16)25-2)10-19-18(21)12-26-11-13-3-6-15(7-4-13)20(22)23/h3-9H,10-12H2,1-2H3,(H,19,21). The fourth-order valence-corrected chi connectivity index (χ4v) is 3.04. The number of hydrogen-bond acceptors (Lipinski definition) is 6. The van der Waals surface area contributed by atoms with Gasteiger partial charge in [0.25, 0.3) is 5.69 Å². The van der Waals surface area contributed by atoms with Crippen LogP contribution in [0.5, 0.6) is 11.5 Å². The summed E-state index contributed by atoms with van der Waals surface area (Å²) < 4.78 is 10.4. The van der Waals surface area contributed by atoms with E-state index in [0.717, 1.165) is 11.1 Å². The Hall–Kier alpha value is -2.74. The first kappa shape index (κ1) is 19.6. The summed E-state index contributed by atoms with van der Waals surface area (Å²) in [4.78, 5) is 22.1. The Kier molecular flexibility index (Phi) is 7.28. The maximum absolute atomic E-state index is 12.0. The van der Waals surface area contributed by atoms with Crippen LogP contribution < -0.4 is 14.8 Å². The van der Waals surface area contributed by atoms with Crippen molar-refractivity contribution in [2.45, 2.75) is 12.3 Å². The molecule has 2 rings (SSSR count). The van der Waals surface area contributed by atoms with E-state index >= 15 is 0 Å². The molecule has 1 N–H and O–H groups in total. The van der Waals surface area contributed by atoms with Crippen LogP contribution in [0.3, 0.4) is 0 Å². The molecule has 1 amide bonds. The lowest BCUT2D eigenvalue weighted by Gasteiger charge is -2.10. The van der Waals surface area contributed by atoms with Crippen LogP contribution >= 0.6 is 11.8 Å². The highest BCUT2D eigenvalue weighted by Crippen LogP contribution is 2.27. The van der Waals surface area contributed by atoms with Crippen molar-refractivity contribution in [1.29, 1.82) is 0 Å². The molecule has 0 atom stereocenters. The van der Waals surface area contributed by atoms with E-state index in [1.807, 2.05) is 12.1 Å². The van der Waals surface area contributed by atoms with Gasteiger partial charge in [0.2, 0.25) is 5.91 Å². The molecule has 0 aliphatic rings. The number of nitro benzene ring substituents is 1. The molecule has 2 aromatic rings. The molecule has 0 radical (unpaired) electrons. The third kappa shape index (κ3) is 5.66. The molecular formula is C18H20N2O5S. The van der Waals surface area contributed by atoms with Gasteiger partial charge in [-0.2, -0.15) is 0 Å². The Labute approximate surface area is 155 Å². The maximum Gasteiger partial charge on any atom is 0.269 e. The zero-order chi connectivity index (χ0) is 18.9. The van der Waals surface area contributed by atoms with Crippen LogP contribution in [0.25, 0.3) is 0 Å². The predicted molar refractivity (Wildman–Crippen MR) is 101 cm³/mol. The molecule has 0 heterocycles. The van der Waals surface area contributed by atoms with E-state index < -0.39 is 4.92 Å². The molecule has 0 spiro atoms. The SMILES string of the molecule is COc1ccc(CNC(=O)CSCc2ccc([N+](=O)[O-])cc2)cc1OC. The van der Waals surface area contributed by atoms with Crippen LogP contribution in [0.4, 0.5) is 5.69 Å². The molecule has 0 unspecified atom stereocenters. The quantitative estimate of drug-likeness (QED) is 0.534. The number of nitrogens with zero attached hydrogens (tertiary/aromatic N) is 1. The van der Waals surface area contributed by atoms with Gasteiger partial charge in [-0.05, 0) is 23.3 Å². The first-order chi connectivity index (χ1) is 12.5. The van der Waals surface area contributed by atoms with Crippen molar-refractivity contribution < 1.29 is 19.2 Å². The minimum absolute atomic E-state index is 0.0615. The smallest absolute Gasteiger partial charge is 0.269 e. The second-order valence-electron chi connectivity index (χ2n) is 5.38. The van der Waals surface area contributed by atoms with Crippen LogP contribution in [0.15, 0.2) is 42.5 Å². The molecule has 0 saturated carbocycles. The average Bonchev–Trinajstić information content (AvgIpc) is 2.66. The van der Waals surface area contributed by atoms with E-state index in [1.54, 1.807) is 32.4 Å². The Balaban J connectivity index is 1.76. The average molecular weight is 376 g/mol. The second-order valence-corrected chi connectivity index (χ2v) is 6.37. The minimum Gasteiger partial charge on any atom is -0.493 e. The zero-order valence-corrected chi connectivity index (χ0v) is 15.4. The first-order valence-corrected chi connectivity index (χ1v) is 8.97. The lowest BCUT2D eigenvalue weighted by atomic mass is 10.2. The van der Waals surface area contributed by atoms with Gasteiger partial charge in [0.05, 0.1) is 24.9 Å². The summed E-state index contributed by atoms with van der Waals surface area (Å²) in [5, 5.41) is 13.5. The van der Waals surface area contributed by atoms with E-state index in [-0.39, 0.29) is 11.6 Å². The lowest BCUT2D eigenvalue weighted by Crippen LogP contribution is -2.24. The third-order valence-electron chi connectivity index (χ3n) is 3.59. The summed E-state index contributed by atoms with van der Waals surface area (Å²) in [7, 11) is 3.14. The number of non-ortho nitro benzene ring substituents is 1. The summed E-state index contributed by atoms with van der Waals surface area (Å²) >= 11 is 1.45. The van der Waals surface area contributed by atoms with Crippen molar-refractivity contribution in [3.05, 3.63) is 63.7 Å². The zero-order valence-electron chi connectivity index (χ0n) is 14.6. The summed E-state index contributed by atoms with van der Waals surface area (Å²) in [5.74, 6) is 2.10. The summed E-state index contributed by atoms with van der Waals surface area (Å²) in [5.41, 5.74) is 1.91. The third-order valence-corrected chi connectivity index (χ3v) is 4.59. The van der Waals surface area contributed by atoms with Gasteiger partial charge < -0.3 is 14.8 Å². The van der Waals surface area contributed by atoms with Gasteiger partial charge in [-0.25, -0.2) is 0 Å². The van der Waals surface area contributed by atoms with Gasteiger partial charge in [-0.1, -0.05) is 18.2 Å². The molecule has 0 bridgehead atoms. The van der Waals surface area contributed by atoms with E-state index in [9.17, 15) is 14.9 Å². The Morgan fingerprint density at radius 1 is 1.08 bits per heavy atom. The van der Waals surface area contributed by atoms with Crippen LogP contribution in [-0.4, -0.2) is 30.8 Å². The number of carbonyl (C=O) groups is 1. The number of carbonyl (C=O) groups excluding carboxylic acids is 1. The fourth-order valence-electron chi connectivity index (χ4n) is 2.22. The van der Waals surface area contributed by atoms with Crippen molar-refractivity contribution >= 4 is 23.4 Å². The largest absolute Gasteiger partial charge is 0.493 e. The number of methoxy groups -OCH3 is 2. The molecular weight excluding hydrogens is 356 g/mol. The molecule has 7 nitrogen and oxygen atoms in total. The van der Waals surface area contributed by atoms with E-state index in [0.29, 0.717) is 29.5 Å². The van der Waals surface area contributed by atoms with Crippen LogP contribution in [0.2, 0.25) is 0 Å². The van der Waals surface area contributed by atoms with E-state index in [4.69, 9.17) is 9.47 Å². The molecule has 8 heteroatoms. The molecule has 138 valence electrons. The normalized spacial score (nSPS) is 10.2. The number of thioether (sulfide) groups is 1. The molecule has 0 aliphatic carbocycles. The van der Waals surface area contributed by atoms with Crippen molar-refractivity contribution in [2.75, 3.05) is 20.0 Å². The Morgan fingerprint density at radius 2 is 1.73 bits per heavy atom. The van der Waals surface area contributed by atoms with Crippen LogP contribution in [0.1, 0.15) is 11.1 Å². The van der Waals surface area contributed by atoms with E-state index in [2.05, 4.69) is 5.32 Å². The van der Waals surface area contributed by atoms with Gasteiger partial charge in [0.1, 0.15) is 0 Å². The number of ether oxygens (including phenoxy) is 2. The van der Waals surface area contributed by atoms with Gasteiger partial charge in [-0.3, -0.25) is 14.9 Å². The van der Waals surface area contributed by atoms with Crippen molar-refractivity contribution in [2.24, 2.45) is 0 Å². The highest BCUT2D eigenvalue weighted by Gasteiger charge is 2.07. The van der Waals surface area contributed by atoms with Crippen molar-refractivity contribution in [1.82, 2.24) is 5.32 Å². The Bertz CT molecular complexity index is 765. The molecule has 0 saturated heterocycles. The summed E-state index contributed by atoms with van der Waals surface area (Å²) in [6.07, 6.45) is 0. The molecule has 0 aromatic heterocycles. The van der Waals surface area contributed by atoms with E-state index in [1.165, 1.54) is 23.9 Å². The second kappa shape index (κ2) is 9.67. The summed E-state index contributed by atoms with van der Waals surface area (Å²) in [6.45, 7) is 0.400. The highest BCUT2D eigenvalue weighted by atomic mass is 32.2. The summed E-state index contributed by atoms with van der Waals surface area (Å²) in [6, 6.07) is 11.8. The number of nitrogens with one attached hydrogen (secondary N) is 1. The molecule has 2 aromatic carbocycles. The minimum atomic E-state index is -0.432. The predicted octanol–water partition coefficient (Wildman–Crippen LogP) is 3.16. The monoisotopic (exact) mass is 376 g/mol. The van der Waals surface area contributed by atoms with Crippen molar-refractivity contribution in [3.8, 4) is 11.5 Å². The molecule has 0 aliphatic heterocycles. The van der Waals surface area contributed by atoms with Gasteiger partial charge >= 0.3 is 0 Å². The Morgan fingerprint density at radius 3 is 2.35 bits per heavy atom.